The van der Waals surface area contributed by atoms with Gasteiger partial charge in [0.25, 0.3) is 17.7 Å². The number of Topliss-reactive ketones (excluding diaryl/α,β-unsaturated/α-hetero) is 6. The van der Waals surface area contributed by atoms with Crippen molar-refractivity contribution >= 4 is 87.2 Å². The van der Waals surface area contributed by atoms with Crippen molar-refractivity contribution < 1.29 is 47.9 Å². The molecule has 496 valence electrons. The molecule has 21 nitrogen and oxygen atoms in total. The van der Waals surface area contributed by atoms with Gasteiger partial charge in [-0.1, -0.05) is 52.9 Å². The number of carbonyl (C=O) groups excluding carboxylic acids is 9. The normalized spacial score (nSPS) is 17.9. The lowest BCUT2D eigenvalue weighted by molar-refractivity contribution is -0.126. The summed E-state index contributed by atoms with van der Waals surface area (Å²) in [4.78, 5) is 126. The van der Waals surface area contributed by atoms with Crippen molar-refractivity contribution in [3.05, 3.63) is 210 Å². The van der Waals surface area contributed by atoms with E-state index in [4.69, 9.17) is 51.2 Å². The van der Waals surface area contributed by atoms with E-state index in [1.807, 2.05) is 71.9 Å². The molecule has 24 heteroatoms. The van der Waals surface area contributed by atoms with Crippen LogP contribution >= 0.6 is 34.8 Å². The van der Waals surface area contributed by atoms with Crippen LogP contribution in [0.3, 0.4) is 0 Å². The van der Waals surface area contributed by atoms with Gasteiger partial charge in [0, 0.05) is 86.5 Å². The van der Waals surface area contributed by atoms with E-state index in [0.717, 1.165) is 61.4 Å². The molecule has 3 aliphatic rings. The van der Waals surface area contributed by atoms with Crippen LogP contribution in [0.25, 0.3) is 11.4 Å². The zero-order valence-electron chi connectivity index (χ0n) is 54.0. The number of aromatic nitrogens is 7. The monoisotopic (exact) mass is 1360 g/mol. The van der Waals surface area contributed by atoms with Gasteiger partial charge >= 0.3 is 0 Å². The van der Waals surface area contributed by atoms with Crippen molar-refractivity contribution in [1.82, 2.24) is 50.5 Å². The van der Waals surface area contributed by atoms with Crippen molar-refractivity contribution in [2.24, 2.45) is 17.8 Å². The van der Waals surface area contributed by atoms with Crippen molar-refractivity contribution in [3.63, 3.8) is 0 Å². The second kappa shape index (κ2) is 31.9. The maximum absolute atomic E-state index is 13.2. The molecular formula is C73H68Cl3N11O10. The molecule has 3 fully saturated rings. The predicted molar refractivity (Wildman–Crippen MR) is 362 cm³/mol. The molecule has 5 heterocycles. The van der Waals surface area contributed by atoms with E-state index in [1.165, 1.54) is 18.3 Å². The first-order chi connectivity index (χ1) is 46.4. The van der Waals surface area contributed by atoms with Crippen LogP contribution < -0.4 is 20.7 Å². The molecule has 0 saturated heterocycles. The second-order valence-electron chi connectivity index (χ2n) is 24.0. The minimum absolute atomic E-state index is 0.0791. The summed E-state index contributed by atoms with van der Waals surface area (Å²) in [5, 5.41) is 26.6. The summed E-state index contributed by atoms with van der Waals surface area (Å²) in [7, 11) is 0. The van der Waals surface area contributed by atoms with E-state index < -0.39 is 41.4 Å². The zero-order valence-corrected chi connectivity index (χ0v) is 56.2. The topological polar surface area (TPSA) is 297 Å². The van der Waals surface area contributed by atoms with Crippen LogP contribution in [-0.4, -0.2) is 113 Å². The summed E-state index contributed by atoms with van der Waals surface area (Å²) in [5.74, 6) is -2.22. The largest absolute Gasteiger partial charge is 0.481 e. The van der Waals surface area contributed by atoms with E-state index in [1.54, 1.807) is 88.9 Å². The van der Waals surface area contributed by atoms with Gasteiger partial charge in [-0.05, 0) is 184 Å². The fraction of sp³-hybridized carbons (Fsp3) is 0.301. The number of carbonyl (C=O) groups is 9. The molecule has 6 unspecified atom stereocenters. The number of ether oxygens (including phenoxy) is 1. The number of ketones is 6. The number of pyridine rings is 3. The lowest BCUT2D eigenvalue weighted by Crippen LogP contribution is -2.28. The lowest BCUT2D eigenvalue weighted by Gasteiger charge is -2.17. The molecule has 97 heavy (non-hydrogen) atoms. The average molecular weight is 1370 g/mol. The maximum atomic E-state index is 13.2. The van der Waals surface area contributed by atoms with Crippen LogP contribution in [0.15, 0.2) is 122 Å². The number of hydrogen-bond acceptors (Lipinski definition) is 16. The van der Waals surface area contributed by atoms with Gasteiger partial charge in [-0.25, -0.2) is 14.3 Å². The third-order valence-electron chi connectivity index (χ3n) is 17.2. The number of rotatable bonds is 19. The third kappa shape index (κ3) is 17.0. The fourth-order valence-corrected chi connectivity index (χ4v) is 13.4. The Kier molecular flexibility index (Phi) is 23.4. The number of nitrogens with zero attached hydrogens (tertiary/aromatic N) is 8. The molecule has 8 aromatic rings. The quantitative estimate of drug-likeness (QED) is 0.0385. The highest BCUT2D eigenvalue weighted by molar-refractivity contribution is 6.34. The van der Waals surface area contributed by atoms with Gasteiger partial charge in [0.05, 0.1) is 34.4 Å². The van der Waals surface area contributed by atoms with E-state index in [0.29, 0.717) is 65.1 Å². The average Bonchev–Trinajstić information content (AvgIpc) is 1.70. The Balaban J connectivity index is 0.000000171. The molecule has 0 bridgehead atoms. The third-order valence-corrected chi connectivity index (χ3v) is 17.8. The van der Waals surface area contributed by atoms with E-state index in [9.17, 15) is 43.2 Å². The molecule has 3 amide bonds. The van der Waals surface area contributed by atoms with E-state index >= 15 is 0 Å². The molecule has 0 spiro atoms. The summed E-state index contributed by atoms with van der Waals surface area (Å²) < 4.78 is 8.73. The van der Waals surface area contributed by atoms with Gasteiger partial charge in [-0.2, -0.15) is 15.5 Å². The number of benzene rings is 3. The zero-order chi connectivity index (χ0) is 69.8. The summed E-state index contributed by atoms with van der Waals surface area (Å²) in [6.45, 7) is 12.2. The van der Waals surface area contributed by atoms with Crippen LogP contribution in [0.2, 0.25) is 15.2 Å². The van der Waals surface area contributed by atoms with E-state index in [-0.39, 0.29) is 89.8 Å². The van der Waals surface area contributed by atoms with Gasteiger partial charge in [0.15, 0.2) is 17.3 Å². The Hall–Kier alpha value is -10.3. The van der Waals surface area contributed by atoms with Gasteiger partial charge in [0.1, 0.15) is 75.8 Å². The van der Waals surface area contributed by atoms with Crippen LogP contribution in [-0.2, 0) is 28.8 Å². The number of hydrogen-bond donors (Lipinski definition) is 3. The van der Waals surface area contributed by atoms with E-state index in [2.05, 4.69) is 47.0 Å². The lowest BCUT2D eigenvalue weighted by atomic mass is 9.87. The van der Waals surface area contributed by atoms with Gasteiger partial charge in [-0.3, -0.25) is 53.1 Å². The molecule has 6 atom stereocenters. The first-order valence-electron chi connectivity index (χ1n) is 31.2. The Morgan fingerprint density at radius 2 is 0.948 bits per heavy atom. The number of amides is 3. The minimum atomic E-state index is -0.802. The van der Waals surface area contributed by atoms with Crippen LogP contribution in [0, 0.1) is 83.0 Å². The predicted octanol–water partition coefficient (Wildman–Crippen LogP) is 10.5. The molecule has 3 N–H and O–H groups in total. The Morgan fingerprint density at radius 1 is 0.546 bits per heavy atom. The molecule has 11 rings (SSSR count). The van der Waals surface area contributed by atoms with Gasteiger partial charge in [0.2, 0.25) is 0 Å². The molecule has 0 aliphatic heterocycles. The van der Waals surface area contributed by atoms with Crippen LogP contribution in [0.1, 0.15) is 143 Å². The van der Waals surface area contributed by atoms with Crippen LogP contribution in [0.4, 0.5) is 0 Å². The Labute approximate surface area is 575 Å². The highest BCUT2D eigenvalue weighted by Crippen LogP contribution is 2.41. The molecular weight excluding hydrogens is 1300 g/mol. The van der Waals surface area contributed by atoms with Crippen molar-refractivity contribution in [2.75, 3.05) is 26.2 Å². The molecule has 0 radical (unpaired) electrons. The van der Waals surface area contributed by atoms with Crippen molar-refractivity contribution in [3.8, 4) is 35.5 Å². The van der Waals surface area contributed by atoms with Crippen molar-refractivity contribution in [1.29, 1.82) is 5.26 Å². The van der Waals surface area contributed by atoms with Gasteiger partial charge < -0.3 is 20.7 Å². The number of halogens is 3. The molecule has 3 aromatic carbocycles. The maximum Gasteiger partial charge on any atom is 0.269 e. The van der Waals surface area contributed by atoms with Crippen molar-refractivity contribution in [2.45, 2.75) is 97.8 Å². The minimum Gasteiger partial charge on any atom is -0.481 e. The summed E-state index contributed by atoms with van der Waals surface area (Å²) in [6, 6.07) is 26.2. The number of nitrogens with one attached hydrogen (secondary N) is 3. The Morgan fingerprint density at radius 3 is 1.31 bits per heavy atom. The highest BCUT2D eigenvalue weighted by Gasteiger charge is 2.45. The van der Waals surface area contributed by atoms with Crippen LogP contribution in [0.5, 0.6) is 5.75 Å². The molecule has 3 aliphatic carbocycles. The first kappa shape index (κ1) is 71.0. The highest BCUT2D eigenvalue weighted by atomic mass is 35.5. The Bertz CT molecular complexity index is 4390. The SMILES string of the molecule is C#CCOc1cc(C)c(C2C(=O)CC(CCNC(=O)c3ccccn3)C2=O)c(C)c1.Cc1cc(-n2cc(C#N)cn2)cc(C)c1C1C(=O)CC(CCNC(=O)c2ccccn2)C1=O.Cc1cc(-n2cc(Cl)cn2)cc(C)c1C1C(=O)CC(CCNC(=O)c2cc(Cl)cc(Cl)n2)C1=O. The smallest absolute Gasteiger partial charge is 0.269 e. The standard InChI is InChI=1S/C25H23N5O3.C24H21Cl3N4O3.C24H24N2O4/c1-15-9-19(30-14-17(12-26)13-29-30)10-16(2)22(15)23-21(31)11-18(24(23)32)6-8-28-25(33)20-5-3-4-7-27-20;1-12-5-17(31-11-16(26)10-29-31)6-13(2)21(12)22-19(32)7-14(23(22)33)3-4-28-24(34)18-8-15(25)9-20(27)30-18;1-4-11-30-18-12-15(2)21(16(3)13-18)22-20(27)14-17(23(22)28)8-10-26-24(29)19-7-5-6-9-25-19/h3-5,7,9-10,13-14,18,23H,6,8,11H2,1-2H3,(H,28,33);5-6,8-11,14,22H,3-4,7H2,1-2H3,(H,28,34);1,5-7,9,12-13,17,22H,8,10-11,14H2,2-3H3,(H,26,29). The number of terminal acetylenes is 1. The number of nitriles is 1. The second-order valence-corrected chi connectivity index (χ2v) is 25.3. The number of aryl methyl sites for hydroxylation is 6. The molecule has 3 saturated carbocycles. The summed E-state index contributed by atoms with van der Waals surface area (Å²) in [6.07, 6.45) is 16.4. The molecule has 5 aromatic heterocycles. The fourth-order valence-electron chi connectivity index (χ4n) is 12.8. The van der Waals surface area contributed by atoms with Gasteiger partial charge in [-0.15, -0.1) is 6.42 Å². The summed E-state index contributed by atoms with van der Waals surface area (Å²) in [5.41, 5.74) is 9.97. The first-order valence-corrected chi connectivity index (χ1v) is 32.3. The summed E-state index contributed by atoms with van der Waals surface area (Å²) >= 11 is 17.7.